The molecule has 26 heavy (non-hydrogen) atoms. The van der Waals surface area contributed by atoms with Crippen molar-refractivity contribution in [2.24, 2.45) is 17.8 Å². The highest BCUT2D eigenvalue weighted by Gasteiger charge is 2.51. The van der Waals surface area contributed by atoms with Gasteiger partial charge in [-0.1, -0.05) is 6.07 Å². The molecule has 0 spiro atoms. The Kier molecular flexibility index (Phi) is 3.73. The van der Waals surface area contributed by atoms with Gasteiger partial charge in [0.05, 0.1) is 0 Å². The van der Waals surface area contributed by atoms with Gasteiger partial charge in [0.1, 0.15) is 0 Å². The van der Waals surface area contributed by atoms with E-state index in [2.05, 4.69) is 10.6 Å². The first kappa shape index (κ1) is 16.2. The summed E-state index contributed by atoms with van der Waals surface area (Å²) >= 11 is 0. The van der Waals surface area contributed by atoms with Gasteiger partial charge < -0.3 is 15.5 Å². The Morgan fingerprint density at radius 1 is 1.08 bits per heavy atom. The fraction of sp³-hybridized carbons (Fsp3) is 0.619. The minimum Gasteiger partial charge on any atom is -0.332 e. The van der Waals surface area contributed by atoms with Gasteiger partial charge in [0, 0.05) is 29.9 Å². The van der Waals surface area contributed by atoms with Gasteiger partial charge >= 0.3 is 6.03 Å². The molecule has 4 saturated carbocycles. The maximum absolute atomic E-state index is 12.7. The van der Waals surface area contributed by atoms with Gasteiger partial charge in [-0.25, -0.2) is 4.79 Å². The SMILES string of the molecule is O=C(Nc1cccc(N2CCCC2=O)c1)NC12CC3CC(CC(C3)C1)C2. The van der Waals surface area contributed by atoms with Crippen molar-refractivity contribution in [1.82, 2.24) is 5.32 Å². The van der Waals surface area contributed by atoms with Crippen molar-refractivity contribution in [3.8, 4) is 0 Å². The number of urea groups is 1. The van der Waals surface area contributed by atoms with Crippen molar-refractivity contribution >= 4 is 23.3 Å². The molecule has 4 aliphatic carbocycles. The topological polar surface area (TPSA) is 61.4 Å². The molecule has 4 bridgehead atoms. The molecule has 5 heteroatoms. The standard InChI is InChI=1S/C21H27N3O2/c25-19-5-2-6-24(19)18-4-1-3-17(10-18)22-20(26)23-21-11-14-7-15(12-21)9-16(8-14)13-21/h1,3-4,10,14-16H,2,5-9,11-13H2,(H2,22,23,26). The highest BCUT2D eigenvalue weighted by atomic mass is 16.2. The Balaban J connectivity index is 1.27. The van der Waals surface area contributed by atoms with E-state index in [-0.39, 0.29) is 17.5 Å². The van der Waals surface area contributed by atoms with Crippen molar-refractivity contribution in [3.63, 3.8) is 0 Å². The highest BCUT2D eigenvalue weighted by molar-refractivity contribution is 5.96. The lowest BCUT2D eigenvalue weighted by molar-refractivity contribution is -0.117. The number of hydrogen-bond acceptors (Lipinski definition) is 2. The molecule has 6 rings (SSSR count). The summed E-state index contributed by atoms with van der Waals surface area (Å²) < 4.78 is 0. The summed E-state index contributed by atoms with van der Waals surface area (Å²) in [6.45, 7) is 0.766. The van der Waals surface area contributed by atoms with Crippen LogP contribution in [-0.2, 0) is 4.79 Å². The van der Waals surface area contributed by atoms with E-state index in [1.54, 1.807) is 0 Å². The minimum absolute atomic E-state index is 0.0152. The number of carbonyl (C=O) groups excluding carboxylic acids is 2. The lowest BCUT2D eigenvalue weighted by Crippen LogP contribution is -2.60. The first-order chi connectivity index (χ1) is 12.6. The van der Waals surface area contributed by atoms with Crippen molar-refractivity contribution < 1.29 is 9.59 Å². The zero-order chi connectivity index (χ0) is 17.7. The number of amides is 3. The molecule has 1 aromatic rings. The molecule has 5 aliphatic rings. The smallest absolute Gasteiger partial charge is 0.319 e. The summed E-state index contributed by atoms with van der Waals surface area (Å²) in [6.07, 6.45) is 9.07. The number of nitrogens with one attached hydrogen (secondary N) is 2. The minimum atomic E-state index is -0.100. The van der Waals surface area contributed by atoms with Crippen LogP contribution in [0.5, 0.6) is 0 Å². The highest BCUT2D eigenvalue weighted by Crippen LogP contribution is 2.55. The normalized spacial score (nSPS) is 35.0. The van der Waals surface area contributed by atoms with E-state index in [4.69, 9.17) is 0 Å². The molecule has 3 amide bonds. The monoisotopic (exact) mass is 353 g/mol. The third-order valence-electron chi connectivity index (χ3n) is 6.91. The first-order valence-electron chi connectivity index (χ1n) is 10.1. The summed E-state index contributed by atoms with van der Waals surface area (Å²) in [5.74, 6) is 2.60. The van der Waals surface area contributed by atoms with Gasteiger partial charge in [0.25, 0.3) is 0 Å². The van der Waals surface area contributed by atoms with Gasteiger partial charge in [-0.2, -0.15) is 0 Å². The van der Waals surface area contributed by atoms with E-state index < -0.39 is 0 Å². The Hall–Kier alpha value is -2.04. The van der Waals surface area contributed by atoms with E-state index in [0.717, 1.165) is 61.4 Å². The molecule has 0 unspecified atom stereocenters. The first-order valence-corrected chi connectivity index (χ1v) is 10.1. The summed E-state index contributed by atoms with van der Waals surface area (Å²) in [5, 5.41) is 6.35. The molecular formula is C21H27N3O2. The third-order valence-corrected chi connectivity index (χ3v) is 6.91. The average Bonchev–Trinajstić information content (AvgIpc) is 2.99. The van der Waals surface area contributed by atoms with Crippen LogP contribution in [0, 0.1) is 17.8 Å². The van der Waals surface area contributed by atoms with E-state index >= 15 is 0 Å². The van der Waals surface area contributed by atoms with Crippen LogP contribution in [0.4, 0.5) is 16.2 Å². The lowest BCUT2D eigenvalue weighted by Gasteiger charge is -2.56. The summed E-state index contributed by atoms with van der Waals surface area (Å²) in [4.78, 5) is 26.4. The number of rotatable bonds is 3. The third kappa shape index (κ3) is 2.87. The lowest BCUT2D eigenvalue weighted by atomic mass is 9.53. The Morgan fingerprint density at radius 2 is 1.77 bits per heavy atom. The van der Waals surface area contributed by atoms with Crippen LogP contribution < -0.4 is 15.5 Å². The average molecular weight is 353 g/mol. The molecule has 138 valence electrons. The molecule has 5 nitrogen and oxygen atoms in total. The Morgan fingerprint density at radius 3 is 2.38 bits per heavy atom. The van der Waals surface area contributed by atoms with Gasteiger partial charge in [-0.3, -0.25) is 4.79 Å². The summed E-state index contributed by atoms with van der Waals surface area (Å²) in [6, 6.07) is 7.54. The van der Waals surface area contributed by atoms with E-state index in [0.29, 0.717) is 6.42 Å². The molecule has 0 radical (unpaired) electrons. The van der Waals surface area contributed by atoms with Crippen LogP contribution in [0.1, 0.15) is 51.4 Å². The largest absolute Gasteiger partial charge is 0.332 e. The second-order valence-electron chi connectivity index (χ2n) is 8.98. The van der Waals surface area contributed by atoms with Crippen LogP contribution in [0.15, 0.2) is 24.3 Å². The predicted octanol–water partition coefficient (Wildman–Crippen LogP) is 3.90. The second kappa shape index (κ2) is 6.00. The summed E-state index contributed by atoms with van der Waals surface area (Å²) in [5.41, 5.74) is 1.64. The van der Waals surface area contributed by atoms with Gasteiger partial charge in [0.15, 0.2) is 0 Å². The van der Waals surface area contributed by atoms with E-state index in [9.17, 15) is 9.59 Å². The van der Waals surface area contributed by atoms with Crippen molar-refractivity contribution in [3.05, 3.63) is 24.3 Å². The molecule has 1 aromatic carbocycles. The van der Waals surface area contributed by atoms with Gasteiger partial charge in [-0.05, 0) is 80.9 Å². The zero-order valence-corrected chi connectivity index (χ0v) is 15.2. The van der Waals surface area contributed by atoms with Crippen molar-refractivity contribution in [2.45, 2.75) is 56.9 Å². The van der Waals surface area contributed by atoms with Gasteiger partial charge in [0.2, 0.25) is 5.91 Å². The molecule has 5 fully saturated rings. The van der Waals surface area contributed by atoms with Crippen molar-refractivity contribution in [2.75, 3.05) is 16.8 Å². The number of carbonyl (C=O) groups is 2. The molecular weight excluding hydrogens is 326 g/mol. The zero-order valence-electron chi connectivity index (χ0n) is 15.2. The molecule has 1 saturated heterocycles. The molecule has 0 aromatic heterocycles. The second-order valence-corrected chi connectivity index (χ2v) is 8.98. The summed E-state index contributed by atoms with van der Waals surface area (Å²) in [7, 11) is 0. The quantitative estimate of drug-likeness (QED) is 0.866. The van der Waals surface area contributed by atoms with Crippen LogP contribution >= 0.6 is 0 Å². The van der Waals surface area contributed by atoms with Crippen LogP contribution in [-0.4, -0.2) is 24.0 Å². The molecule has 2 N–H and O–H groups in total. The van der Waals surface area contributed by atoms with Crippen LogP contribution in [0.2, 0.25) is 0 Å². The van der Waals surface area contributed by atoms with Crippen LogP contribution in [0.25, 0.3) is 0 Å². The van der Waals surface area contributed by atoms with Crippen molar-refractivity contribution in [1.29, 1.82) is 0 Å². The fourth-order valence-corrected chi connectivity index (χ4v) is 6.34. The predicted molar refractivity (Wildman–Crippen MR) is 101 cm³/mol. The maximum atomic E-state index is 12.7. The number of benzene rings is 1. The number of hydrogen-bond donors (Lipinski definition) is 2. The Bertz CT molecular complexity index is 709. The Labute approximate surface area is 154 Å². The molecule has 0 atom stereocenters. The fourth-order valence-electron chi connectivity index (χ4n) is 6.34. The molecule has 1 heterocycles. The molecule has 1 aliphatic heterocycles. The maximum Gasteiger partial charge on any atom is 0.319 e. The van der Waals surface area contributed by atoms with Gasteiger partial charge in [-0.15, -0.1) is 0 Å². The van der Waals surface area contributed by atoms with E-state index in [1.807, 2.05) is 29.2 Å². The number of nitrogens with zero attached hydrogens (tertiary/aromatic N) is 1. The number of anilines is 2. The van der Waals surface area contributed by atoms with Crippen LogP contribution in [0.3, 0.4) is 0 Å². The van der Waals surface area contributed by atoms with E-state index in [1.165, 1.54) is 19.3 Å².